The number of carbonyl (C=O) groups excluding carboxylic acids is 2. The van der Waals surface area contributed by atoms with E-state index >= 15 is 0 Å². The maximum atomic E-state index is 12.1. The van der Waals surface area contributed by atoms with Gasteiger partial charge in [-0.1, -0.05) is 0 Å². The van der Waals surface area contributed by atoms with E-state index in [9.17, 15) is 9.59 Å². The van der Waals surface area contributed by atoms with E-state index in [0.29, 0.717) is 18.8 Å². The minimum Gasteiger partial charge on any atom is -0.466 e. The van der Waals surface area contributed by atoms with Crippen molar-refractivity contribution in [2.24, 2.45) is 0 Å². The maximum absolute atomic E-state index is 12.1. The predicted octanol–water partition coefficient (Wildman–Crippen LogP) is 0.510. The molecule has 106 valence electrons. The van der Waals surface area contributed by atoms with Crippen molar-refractivity contribution in [2.45, 2.75) is 26.8 Å². The molecule has 2 N–H and O–H groups in total. The van der Waals surface area contributed by atoms with Crippen molar-refractivity contribution in [3.63, 3.8) is 0 Å². The summed E-state index contributed by atoms with van der Waals surface area (Å²) in [6.07, 6.45) is 1.77. The Morgan fingerprint density at radius 2 is 2.16 bits per heavy atom. The van der Waals surface area contributed by atoms with E-state index in [2.05, 4.69) is 5.10 Å². The largest absolute Gasteiger partial charge is 0.466 e. The van der Waals surface area contributed by atoms with Crippen LogP contribution in [0.1, 0.15) is 30.8 Å². The van der Waals surface area contributed by atoms with Crippen molar-refractivity contribution in [3.8, 4) is 0 Å². The molecule has 0 aliphatic heterocycles. The standard InChI is InChI=1S/C12H20N4O3/c1-4-16-8-9(13)11(14-16)12(18)15(3)7-6-10(17)19-5-2/h8H,4-7,13H2,1-3H3. The van der Waals surface area contributed by atoms with Crippen LogP contribution in [0.25, 0.3) is 0 Å². The number of carbonyl (C=O) groups is 2. The lowest BCUT2D eigenvalue weighted by molar-refractivity contribution is -0.143. The van der Waals surface area contributed by atoms with Crippen molar-refractivity contribution in [3.05, 3.63) is 11.9 Å². The lowest BCUT2D eigenvalue weighted by atomic mass is 10.3. The summed E-state index contributed by atoms with van der Waals surface area (Å²) in [6, 6.07) is 0. The van der Waals surface area contributed by atoms with Gasteiger partial charge in [0.2, 0.25) is 0 Å². The third-order valence-corrected chi connectivity index (χ3v) is 2.62. The summed E-state index contributed by atoms with van der Waals surface area (Å²) in [5.74, 6) is -0.622. The van der Waals surface area contributed by atoms with E-state index in [1.165, 1.54) is 4.90 Å². The van der Waals surface area contributed by atoms with E-state index < -0.39 is 0 Å². The number of nitrogens with two attached hydrogens (primary N) is 1. The van der Waals surface area contributed by atoms with Crippen LogP contribution in [0.2, 0.25) is 0 Å². The van der Waals surface area contributed by atoms with Gasteiger partial charge in [0.25, 0.3) is 5.91 Å². The van der Waals surface area contributed by atoms with E-state index in [0.717, 1.165) is 0 Å². The first kappa shape index (κ1) is 15.0. The molecule has 0 saturated carbocycles. The minimum atomic E-state index is -0.325. The average Bonchev–Trinajstić information content (AvgIpc) is 2.76. The zero-order chi connectivity index (χ0) is 14.4. The van der Waals surface area contributed by atoms with Crippen LogP contribution in [0.3, 0.4) is 0 Å². The van der Waals surface area contributed by atoms with Crippen LogP contribution in [-0.4, -0.2) is 46.8 Å². The molecular formula is C12H20N4O3. The fraction of sp³-hybridized carbons (Fsp3) is 0.583. The molecule has 7 nitrogen and oxygen atoms in total. The van der Waals surface area contributed by atoms with Crippen molar-refractivity contribution < 1.29 is 14.3 Å². The second-order valence-electron chi connectivity index (χ2n) is 4.07. The molecule has 0 fully saturated rings. The fourth-order valence-electron chi connectivity index (χ4n) is 1.54. The van der Waals surface area contributed by atoms with Gasteiger partial charge in [-0.05, 0) is 13.8 Å². The number of hydrogen-bond acceptors (Lipinski definition) is 5. The monoisotopic (exact) mass is 268 g/mol. The van der Waals surface area contributed by atoms with Crippen LogP contribution in [0, 0.1) is 0 Å². The van der Waals surface area contributed by atoms with E-state index in [-0.39, 0.29) is 30.5 Å². The highest BCUT2D eigenvalue weighted by Gasteiger charge is 2.19. The summed E-state index contributed by atoms with van der Waals surface area (Å²) in [6.45, 7) is 4.90. The van der Waals surface area contributed by atoms with Crippen LogP contribution >= 0.6 is 0 Å². The molecule has 0 spiro atoms. The van der Waals surface area contributed by atoms with Gasteiger partial charge >= 0.3 is 5.97 Å². The number of rotatable bonds is 6. The van der Waals surface area contributed by atoms with Gasteiger partial charge < -0.3 is 15.4 Å². The molecule has 1 aromatic heterocycles. The van der Waals surface area contributed by atoms with Crippen molar-refractivity contribution in [1.29, 1.82) is 0 Å². The van der Waals surface area contributed by atoms with E-state index in [1.54, 1.807) is 24.9 Å². The minimum absolute atomic E-state index is 0.157. The van der Waals surface area contributed by atoms with Gasteiger partial charge in [0.1, 0.15) is 0 Å². The molecule has 7 heteroatoms. The molecule has 0 atom stereocenters. The number of aromatic nitrogens is 2. The van der Waals surface area contributed by atoms with Gasteiger partial charge in [0, 0.05) is 26.3 Å². The first-order valence-corrected chi connectivity index (χ1v) is 6.23. The van der Waals surface area contributed by atoms with Crippen LogP contribution in [0.4, 0.5) is 5.69 Å². The molecule has 0 radical (unpaired) electrons. The second-order valence-corrected chi connectivity index (χ2v) is 4.07. The summed E-state index contributed by atoms with van der Waals surface area (Å²) in [7, 11) is 1.60. The summed E-state index contributed by atoms with van der Waals surface area (Å²) in [5.41, 5.74) is 6.30. The number of nitrogens with zero attached hydrogens (tertiary/aromatic N) is 3. The zero-order valence-electron chi connectivity index (χ0n) is 11.5. The number of hydrogen-bond donors (Lipinski definition) is 1. The van der Waals surface area contributed by atoms with Gasteiger partial charge in [-0.2, -0.15) is 5.10 Å². The lowest BCUT2D eigenvalue weighted by Crippen LogP contribution is -2.30. The lowest BCUT2D eigenvalue weighted by Gasteiger charge is -2.15. The number of ether oxygens (including phenoxy) is 1. The Hall–Kier alpha value is -2.05. The molecule has 1 aromatic rings. The molecule has 0 saturated heterocycles. The quantitative estimate of drug-likeness (QED) is 0.759. The Labute approximate surface area is 112 Å². The number of amides is 1. The molecule has 0 aliphatic rings. The number of nitrogen functional groups attached to an aromatic ring is 1. The highest BCUT2D eigenvalue weighted by atomic mass is 16.5. The van der Waals surface area contributed by atoms with Crippen molar-refractivity contribution in [1.82, 2.24) is 14.7 Å². The normalized spacial score (nSPS) is 10.3. The van der Waals surface area contributed by atoms with E-state index in [1.807, 2.05) is 6.92 Å². The van der Waals surface area contributed by atoms with Crippen molar-refractivity contribution in [2.75, 3.05) is 25.9 Å². The smallest absolute Gasteiger partial charge is 0.307 e. The number of esters is 1. The topological polar surface area (TPSA) is 90.5 Å². The summed E-state index contributed by atoms with van der Waals surface area (Å²) >= 11 is 0. The average molecular weight is 268 g/mol. The van der Waals surface area contributed by atoms with Gasteiger partial charge in [-0.15, -0.1) is 0 Å². The zero-order valence-corrected chi connectivity index (χ0v) is 11.5. The molecule has 0 bridgehead atoms. The highest BCUT2D eigenvalue weighted by Crippen LogP contribution is 2.11. The van der Waals surface area contributed by atoms with Crippen LogP contribution < -0.4 is 5.73 Å². The Bertz CT molecular complexity index is 456. The third kappa shape index (κ3) is 3.97. The van der Waals surface area contributed by atoms with E-state index in [4.69, 9.17) is 10.5 Å². The SMILES string of the molecule is CCOC(=O)CCN(C)C(=O)c1nn(CC)cc1N. The van der Waals surface area contributed by atoms with Gasteiger partial charge in [-0.3, -0.25) is 14.3 Å². The highest BCUT2D eigenvalue weighted by molar-refractivity contribution is 5.97. The van der Waals surface area contributed by atoms with Crippen LogP contribution in [-0.2, 0) is 16.1 Å². The number of aryl methyl sites for hydroxylation is 1. The molecule has 1 rings (SSSR count). The first-order chi connectivity index (χ1) is 8.99. The Morgan fingerprint density at radius 3 is 2.68 bits per heavy atom. The summed E-state index contributed by atoms with van der Waals surface area (Å²) < 4.78 is 6.40. The molecule has 1 heterocycles. The van der Waals surface area contributed by atoms with Gasteiger partial charge in [0.15, 0.2) is 5.69 Å². The summed E-state index contributed by atoms with van der Waals surface area (Å²) in [4.78, 5) is 24.7. The fourth-order valence-corrected chi connectivity index (χ4v) is 1.54. The molecule has 0 unspecified atom stereocenters. The maximum Gasteiger partial charge on any atom is 0.307 e. The molecule has 0 aliphatic carbocycles. The summed E-state index contributed by atoms with van der Waals surface area (Å²) in [5, 5.41) is 4.10. The Balaban J connectivity index is 2.61. The molecule has 1 amide bonds. The van der Waals surface area contributed by atoms with Crippen LogP contribution in [0.15, 0.2) is 6.20 Å². The Morgan fingerprint density at radius 1 is 1.47 bits per heavy atom. The Kier molecular flexibility index (Phi) is 5.35. The van der Waals surface area contributed by atoms with Crippen molar-refractivity contribution >= 4 is 17.6 Å². The first-order valence-electron chi connectivity index (χ1n) is 6.23. The predicted molar refractivity (Wildman–Crippen MR) is 70.5 cm³/mol. The molecule has 19 heavy (non-hydrogen) atoms. The van der Waals surface area contributed by atoms with Gasteiger partial charge in [-0.25, -0.2) is 0 Å². The number of anilines is 1. The molecular weight excluding hydrogens is 248 g/mol. The third-order valence-electron chi connectivity index (χ3n) is 2.62. The van der Waals surface area contributed by atoms with Gasteiger partial charge in [0.05, 0.1) is 18.7 Å². The van der Waals surface area contributed by atoms with Crippen LogP contribution in [0.5, 0.6) is 0 Å². The molecule has 0 aromatic carbocycles. The second kappa shape index (κ2) is 6.77.